The van der Waals surface area contributed by atoms with E-state index in [0.29, 0.717) is 0 Å². The third kappa shape index (κ3) is 2.84. The molecule has 19 heavy (non-hydrogen) atoms. The van der Waals surface area contributed by atoms with Crippen molar-refractivity contribution >= 4 is 0 Å². The van der Waals surface area contributed by atoms with E-state index in [1.807, 2.05) is 19.4 Å². The van der Waals surface area contributed by atoms with Gasteiger partial charge in [0.15, 0.2) is 0 Å². The Hall–Kier alpha value is -1.68. The van der Waals surface area contributed by atoms with Crippen LogP contribution in [-0.4, -0.2) is 21.8 Å². The molecule has 0 atom stereocenters. The van der Waals surface area contributed by atoms with Gasteiger partial charge in [0, 0.05) is 42.3 Å². The molecule has 0 aliphatic carbocycles. The van der Waals surface area contributed by atoms with Gasteiger partial charge in [0.2, 0.25) is 0 Å². The van der Waals surface area contributed by atoms with Crippen molar-refractivity contribution in [2.45, 2.75) is 40.3 Å². The second-order valence-corrected chi connectivity index (χ2v) is 4.88. The van der Waals surface area contributed by atoms with Crippen LogP contribution in [0.2, 0.25) is 0 Å². The zero-order valence-corrected chi connectivity index (χ0v) is 12.2. The minimum absolute atomic E-state index is 0.835. The van der Waals surface area contributed by atoms with Crippen molar-refractivity contribution in [3.05, 3.63) is 35.4 Å². The van der Waals surface area contributed by atoms with Crippen LogP contribution in [-0.2, 0) is 13.1 Å². The number of hydrogen-bond donors (Lipinski definition) is 1. The van der Waals surface area contributed by atoms with E-state index < -0.39 is 0 Å². The van der Waals surface area contributed by atoms with E-state index in [1.165, 1.54) is 16.8 Å². The SMILES string of the molecule is CCCn1nc(C)c(-c2cncc(CNC)c2)c1C. The molecule has 2 aromatic heterocycles. The van der Waals surface area contributed by atoms with Gasteiger partial charge in [0.1, 0.15) is 0 Å². The molecule has 0 bridgehead atoms. The van der Waals surface area contributed by atoms with Gasteiger partial charge in [-0.25, -0.2) is 0 Å². The van der Waals surface area contributed by atoms with Crippen LogP contribution in [0.1, 0.15) is 30.3 Å². The molecule has 4 heteroatoms. The van der Waals surface area contributed by atoms with Crippen LogP contribution in [0.25, 0.3) is 11.1 Å². The first kappa shape index (κ1) is 13.7. The molecule has 0 fully saturated rings. The van der Waals surface area contributed by atoms with Crippen LogP contribution in [0.15, 0.2) is 18.5 Å². The molecule has 1 N–H and O–H groups in total. The average Bonchev–Trinajstić information content (AvgIpc) is 2.66. The zero-order chi connectivity index (χ0) is 13.8. The van der Waals surface area contributed by atoms with Crippen LogP contribution < -0.4 is 5.32 Å². The molecule has 0 aromatic carbocycles. The molecule has 0 aliphatic rings. The van der Waals surface area contributed by atoms with Crippen molar-refractivity contribution in [2.24, 2.45) is 0 Å². The molecule has 0 unspecified atom stereocenters. The monoisotopic (exact) mass is 258 g/mol. The lowest BCUT2D eigenvalue weighted by Crippen LogP contribution is -2.05. The highest BCUT2D eigenvalue weighted by molar-refractivity contribution is 5.68. The van der Waals surface area contributed by atoms with Crippen molar-refractivity contribution in [2.75, 3.05) is 7.05 Å². The third-order valence-corrected chi connectivity index (χ3v) is 3.28. The van der Waals surface area contributed by atoms with Gasteiger partial charge in [-0.3, -0.25) is 9.67 Å². The van der Waals surface area contributed by atoms with E-state index >= 15 is 0 Å². The number of aromatic nitrogens is 3. The predicted molar refractivity (Wildman–Crippen MR) is 78.0 cm³/mol. The first-order chi connectivity index (χ1) is 9.17. The van der Waals surface area contributed by atoms with E-state index in [4.69, 9.17) is 0 Å². The highest BCUT2D eigenvalue weighted by Crippen LogP contribution is 2.27. The third-order valence-electron chi connectivity index (χ3n) is 3.28. The summed E-state index contributed by atoms with van der Waals surface area (Å²) in [5.41, 5.74) is 5.88. The van der Waals surface area contributed by atoms with Gasteiger partial charge < -0.3 is 5.32 Å². The Morgan fingerprint density at radius 1 is 1.26 bits per heavy atom. The van der Waals surface area contributed by atoms with Crippen LogP contribution in [0, 0.1) is 13.8 Å². The molecule has 2 aromatic rings. The van der Waals surface area contributed by atoms with Gasteiger partial charge in [-0.05, 0) is 38.9 Å². The lowest BCUT2D eigenvalue weighted by atomic mass is 10.0. The minimum Gasteiger partial charge on any atom is -0.316 e. The Labute approximate surface area is 114 Å². The Bertz CT molecular complexity index is 557. The standard InChI is InChI=1S/C15H22N4/c1-5-6-19-12(3)15(11(2)18-19)14-7-13(8-16-4)9-17-10-14/h7,9-10,16H,5-6,8H2,1-4H3. The summed E-state index contributed by atoms with van der Waals surface area (Å²) < 4.78 is 2.09. The maximum absolute atomic E-state index is 4.63. The Morgan fingerprint density at radius 2 is 2.05 bits per heavy atom. The first-order valence-electron chi connectivity index (χ1n) is 6.80. The first-order valence-corrected chi connectivity index (χ1v) is 6.80. The fraction of sp³-hybridized carbons (Fsp3) is 0.467. The minimum atomic E-state index is 0.835. The molecule has 0 spiro atoms. The summed E-state index contributed by atoms with van der Waals surface area (Å²) in [6.45, 7) is 8.18. The smallest absolute Gasteiger partial charge is 0.0675 e. The molecular weight excluding hydrogens is 236 g/mol. The van der Waals surface area contributed by atoms with Crippen LogP contribution in [0.4, 0.5) is 0 Å². The molecule has 2 rings (SSSR count). The van der Waals surface area contributed by atoms with Crippen molar-refractivity contribution in [3.63, 3.8) is 0 Å². The lowest BCUT2D eigenvalue weighted by Gasteiger charge is -2.06. The van der Waals surface area contributed by atoms with Crippen molar-refractivity contribution in [1.82, 2.24) is 20.1 Å². The maximum Gasteiger partial charge on any atom is 0.0675 e. The van der Waals surface area contributed by atoms with Crippen LogP contribution in [0.5, 0.6) is 0 Å². The van der Waals surface area contributed by atoms with Crippen LogP contribution >= 0.6 is 0 Å². The Kier molecular flexibility index (Phi) is 4.32. The van der Waals surface area contributed by atoms with Gasteiger partial charge in [0.05, 0.1) is 5.69 Å². The van der Waals surface area contributed by atoms with Gasteiger partial charge in [0.25, 0.3) is 0 Å². The summed E-state index contributed by atoms with van der Waals surface area (Å²) in [4.78, 5) is 4.34. The predicted octanol–water partition coefficient (Wildman–Crippen LogP) is 2.69. The molecule has 0 amide bonds. The zero-order valence-electron chi connectivity index (χ0n) is 12.2. The topological polar surface area (TPSA) is 42.7 Å². The van der Waals surface area contributed by atoms with E-state index in [1.54, 1.807) is 0 Å². The maximum atomic E-state index is 4.63. The number of aryl methyl sites for hydroxylation is 2. The summed E-state index contributed by atoms with van der Waals surface area (Å²) in [6.07, 6.45) is 4.92. The second kappa shape index (κ2) is 5.97. The fourth-order valence-electron chi connectivity index (χ4n) is 2.47. The number of pyridine rings is 1. The molecule has 2 heterocycles. The largest absolute Gasteiger partial charge is 0.316 e. The number of hydrogen-bond acceptors (Lipinski definition) is 3. The van der Waals surface area contributed by atoms with Gasteiger partial charge >= 0.3 is 0 Å². The second-order valence-electron chi connectivity index (χ2n) is 4.88. The van der Waals surface area contributed by atoms with Crippen LogP contribution in [0.3, 0.4) is 0 Å². The fourth-order valence-corrected chi connectivity index (χ4v) is 2.47. The highest BCUT2D eigenvalue weighted by Gasteiger charge is 2.13. The molecule has 4 nitrogen and oxygen atoms in total. The molecule has 0 aliphatic heterocycles. The molecule has 0 saturated heterocycles. The van der Waals surface area contributed by atoms with Crippen molar-refractivity contribution in [1.29, 1.82) is 0 Å². The summed E-state index contributed by atoms with van der Waals surface area (Å²) in [5.74, 6) is 0. The normalized spacial score (nSPS) is 10.9. The van der Waals surface area contributed by atoms with E-state index in [-0.39, 0.29) is 0 Å². The van der Waals surface area contributed by atoms with E-state index in [0.717, 1.165) is 30.8 Å². The van der Waals surface area contributed by atoms with Gasteiger partial charge in [-0.1, -0.05) is 6.92 Å². The summed E-state index contributed by atoms with van der Waals surface area (Å²) in [7, 11) is 1.95. The summed E-state index contributed by atoms with van der Waals surface area (Å²) >= 11 is 0. The summed E-state index contributed by atoms with van der Waals surface area (Å²) in [5, 5.41) is 7.78. The molecule has 0 radical (unpaired) electrons. The number of nitrogens with zero attached hydrogens (tertiary/aromatic N) is 3. The average molecular weight is 258 g/mol. The van der Waals surface area contributed by atoms with Crippen molar-refractivity contribution in [3.8, 4) is 11.1 Å². The highest BCUT2D eigenvalue weighted by atomic mass is 15.3. The quantitative estimate of drug-likeness (QED) is 0.896. The summed E-state index contributed by atoms with van der Waals surface area (Å²) in [6, 6.07) is 2.19. The van der Waals surface area contributed by atoms with E-state index in [2.05, 4.69) is 46.9 Å². The Balaban J connectivity index is 2.43. The van der Waals surface area contributed by atoms with E-state index in [9.17, 15) is 0 Å². The Morgan fingerprint density at radius 3 is 2.74 bits per heavy atom. The lowest BCUT2D eigenvalue weighted by molar-refractivity contribution is 0.583. The van der Waals surface area contributed by atoms with Crippen molar-refractivity contribution < 1.29 is 0 Å². The molecular formula is C15H22N4. The number of rotatable bonds is 5. The van der Waals surface area contributed by atoms with Gasteiger partial charge in [-0.15, -0.1) is 0 Å². The van der Waals surface area contributed by atoms with Gasteiger partial charge in [-0.2, -0.15) is 5.10 Å². The molecule has 102 valence electrons. The number of nitrogens with one attached hydrogen (secondary N) is 1. The molecule has 0 saturated carbocycles.